The average Bonchev–Trinajstić information content (AvgIpc) is 2.42. The van der Waals surface area contributed by atoms with Gasteiger partial charge >= 0.3 is 5.69 Å². The zero-order valence-electron chi connectivity index (χ0n) is 10.1. The molecule has 5 nitrogen and oxygen atoms in total. The van der Waals surface area contributed by atoms with Crippen molar-refractivity contribution >= 4 is 44.8 Å². The van der Waals surface area contributed by atoms with Crippen LogP contribution in [0.4, 0.5) is 10.1 Å². The molecule has 2 aromatic rings. The predicted molar refractivity (Wildman–Crippen MR) is 79.3 cm³/mol. The summed E-state index contributed by atoms with van der Waals surface area (Å²) in [7, 11) is 0. The van der Waals surface area contributed by atoms with Gasteiger partial charge in [0, 0.05) is 12.1 Å². The summed E-state index contributed by atoms with van der Waals surface area (Å²) in [6.45, 7) is -0.179. The summed E-state index contributed by atoms with van der Waals surface area (Å²) < 4.78 is 18.7. The van der Waals surface area contributed by atoms with Crippen molar-refractivity contribution in [1.29, 1.82) is 0 Å². The molecular weight excluding hydrogens is 390 g/mol. The van der Waals surface area contributed by atoms with Crippen LogP contribution in [0.5, 0.6) is 5.75 Å². The summed E-state index contributed by atoms with van der Waals surface area (Å²) in [5.74, 6) is -0.903. The number of hydrogen-bond acceptors (Lipinski definition) is 4. The molecule has 1 heterocycles. The minimum Gasteiger partial charge on any atom is -0.480 e. The lowest BCUT2D eigenvalue weighted by atomic mass is 10.3. The van der Waals surface area contributed by atoms with Gasteiger partial charge in [-0.05, 0) is 28.1 Å². The van der Waals surface area contributed by atoms with E-state index in [0.717, 1.165) is 12.1 Å². The highest BCUT2D eigenvalue weighted by molar-refractivity contribution is 9.10. The van der Waals surface area contributed by atoms with Crippen LogP contribution in [0.1, 0.15) is 5.69 Å². The third kappa shape index (κ3) is 3.81. The first-order valence-corrected chi connectivity index (χ1v) is 7.00. The third-order valence-corrected chi connectivity index (χ3v) is 3.61. The van der Waals surface area contributed by atoms with Crippen molar-refractivity contribution in [2.45, 2.75) is 6.61 Å². The minimum atomic E-state index is -0.680. The Morgan fingerprint density at radius 2 is 2.10 bits per heavy atom. The lowest BCUT2D eigenvalue weighted by Gasteiger charge is -2.08. The van der Waals surface area contributed by atoms with Crippen molar-refractivity contribution in [2.24, 2.45) is 0 Å². The maximum atomic E-state index is 13.5. The van der Waals surface area contributed by atoms with Crippen molar-refractivity contribution in [2.75, 3.05) is 0 Å². The molecule has 0 N–H and O–H groups in total. The molecule has 0 radical (unpaired) electrons. The van der Waals surface area contributed by atoms with Gasteiger partial charge < -0.3 is 4.74 Å². The second-order valence-electron chi connectivity index (χ2n) is 3.84. The van der Waals surface area contributed by atoms with Crippen LogP contribution in [0.3, 0.4) is 0 Å². The van der Waals surface area contributed by atoms with E-state index in [4.69, 9.17) is 27.9 Å². The van der Waals surface area contributed by atoms with Crippen LogP contribution >= 0.6 is 39.1 Å². The zero-order valence-corrected chi connectivity index (χ0v) is 13.2. The van der Waals surface area contributed by atoms with E-state index in [-0.39, 0.29) is 27.7 Å². The molecule has 0 aliphatic carbocycles. The number of nitrogens with zero attached hydrogens (tertiary/aromatic N) is 2. The molecule has 2 rings (SSSR count). The fraction of sp³-hybridized carbons (Fsp3) is 0.0833. The van der Waals surface area contributed by atoms with Gasteiger partial charge in [0.1, 0.15) is 17.6 Å². The van der Waals surface area contributed by atoms with Crippen LogP contribution in [-0.4, -0.2) is 9.91 Å². The molecule has 21 heavy (non-hydrogen) atoms. The largest absolute Gasteiger partial charge is 0.480 e. The van der Waals surface area contributed by atoms with Gasteiger partial charge in [-0.2, -0.15) is 0 Å². The molecule has 110 valence electrons. The van der Waals surface area contributed by atoms with Crippen LogP contribution in [0, 0.1) is 15.9 Å². The number of benzene rings is 1. The Kier molecular flexibility index (Phi) is 4.97. The van der Waals surface area contributed by atoms with E-state index in [9.17, 15) is 14.5 Å². The van der Waals surface area contributed by atoms with Gasteiger partial charge in [0.15, 0.2) is 0 Å². The number of nitro benzene ring substituents is 1. The Hall–Kier alpha value is -1.44. The van der Waals surface area contributed by atoms with Crippen molar-refractivity contribution in [3.05, 3.63) is 60.5 Å². The number of nitro groups is 1. The number of rotatable bonds is 4. The average molecular weight is 396 g/mol. The van der Waals surface area contributed by atoms with E-state index in [1.54, 1.807) is 0 Å². The monoisotopic (exact) mass is 394 g/mol. The first-order chi connectivity index (χ1) is 9.88. The van der Waals surface area contributed by atoms with Crippen LogP contribution in [0.15, 0.2) is 28.7 Å². The van der Waals surface area contributed by atoms with Gasteiger partial charge in [0.05, 0.1) is 20.1 Å². The zero-order chi connectivity index (χ0) is 15.6. The molecule has 0 aliphatic heterocycles. The Morgan fingerprint density at radius 1 is 1.38 bits per heavy atom. The maximum Gasteiger partial charge on any atom is 0.312 e. The van der Waals surface area contributed by atoms with Gasteiger partial charge in [-0.25, -0.2) is 9.37 Å². The molecule has 0 unspecified atom stereocenters. The molecule has 0 fully saturated rings. The first kappa shape index (κ1) is 15.9. The number of hydrogen-bond donors (Lipinski definition) is 0. The molecule has 1 aromatic heterocycles. The fourth-order valence-corrected chi connectivity index (χ4v) is 2.14. The Bertz CT molecular complexity index is 715. The van der Waals surface area contributed by atoms with Crippen LogP contribution in [0.2, 0.25) is 10.2 Å². The molecule has 0 bridgehead atoms. The quantitative estimate of drug-likeness (QED) is 0.424. The normalized spacial score (nSPS) is 10.5. The molecule has 0 saturated carbocycles. The predicted octanol–water partition coefficient (Wildman–Crippen LogP) is 4.78. The van der Waals surface area contributed by atoms with Crippen molar-refractivity contribution in [1.82, 2.24) is 4.98 Å². The van der Waals surface area contributed by atoms with E-state index in [0.29, 0.717) is 10.7 Å². The van der Waals surface area contributed by atoms with E-state index >= 15 is 0 Å². The molecule has 0 spiro atoms. The SMILES string of the molecule is O=[N+]([O-])c1cc(Br)c(F)cc1OCc1nc(Cl)ccc1Cl. The van der Waals surface area contributed by atoms with Gasteiger partial charge in [-0.15, -0.1) is 0 Å². The summed E-state index contributed by atoms with van der Waals surface area (Å²) in [6.07, 6.45) is 0. The molecule has 0 saturated heterocycles. The van der Waals surface area contributed by atoms with Gasteiger partial charge in [-0.1, -0.05) is 23.2 Å². The third-order valence-electron chi connectivity index (χ3n) is 2.45. The number of pyridine rings is 1. The Labute approximate surface area is 136 Å². The summed E-state index contributed by atoms with van der Waals surface area (Å²) in [5, 5.41) is 11.4. The van der Waals surface area contributed by atoms with Gasteiger partial charge in [0.2, 0.25) is 5.75 Å². The van der Waals surface area contributed by atoms with Crippen LogP contribution < -0.4 is 4.74 Å². The molecule has 0 amide bonds. The highest BCUT2D eigenvalue weighted by Gasteiger charge is 2.19. The Balaban J connectivity index is 2.29. The minimum absolute atomic E-state index is 0.0273. The smallest absolute Gasteiger partial charge is 0.312 e. The van der Waals surface area contributed by atoms with Crippen LogP contribution in [0.25, 0.3) is 0 Å². The molecule has 1 aromatic carbocycles. The lowest BCUT2D eigenvalue weighted by Crippen LogP contribution is -2.02. The van der Waals surface area contributed by atoms with Crippen molar-refractivity contribution in [3.63, 3.8) is 0 Å². The summed E-state index contributed by atoms with van der Waals surface area (Å²) >= 11 is 14.5. The van der Waals surface area contributed by atoms with E-state index < -0.39 is 10.7 Å². The highest BCUT2D eigenvalue weighted by Crippen LogP contribution is 2.33. The van der Waals surface area contributed by atoms with Crippen molar-refractivity contribution < 1.29 is 14.1 Å². The molecule has 0 atom stereocenters. The lowest BCUT2D eigenvalue weighted by molar-refractivity contribution is -0.386. The van der Waals surface area contributed by atoms with Gasteiger partial charge in [-0.3, -0.25) is 10.1 Å². The molecule has 9 heteroatoms. The standard InChI is InChI=1S/C12H6BrCl2FN2O3/c13-6-3-10(18(19)20)11(4-8(6)16)21-5-9-7(14)1-2-12(15)17-9/h1-4H,5H2. The second-order valence-corrected chi connectivity index (χ2v) is 5.49. The van der Waals surface area contributed by atoms with Crippen molar-refractivity contribution in [3.8, 4) is 5.75 Å². The van der Waals surface area contributed by atoms with E-state index in [1.807, 2.05) is 0 Å². The summed E-state index contributed by atoms with van der Waals surface area (Å²) in [6, 6.07) is 4.96. The summed E-state index contributed by atoms with van der Waals surface area (Å²) in [5.41, 5.74) is -0.0804. The Morgan fingerprint density at radius 3 is 2.76 bits per heavy atom. The van der Waals surface area contributed by atoms with Gasteiger partial charge in [0.25, 0.3) is 0 Å². The molecular formula is C12H6BrCl2FN2O3. The number of aromatic nitrogens is 1. The number of ether oxygens (including phenoxy) is 1. The number of halogens is 4. The molecule has 0 aliphatic rings. The fourth-order valence-electron chi connectivity index (χ4n) is 1.48. The summed E-state index contributed by atoms with van der Waals surface area (Å²) in [4.78, 5) is 14.2. The highest BCUT2D eigenvalue weighted by atomic mass is 79.9. The topological polar surface area (TPSA) is 65.3 Å². The van der Waals surface area contributed by atoms with Crippen LogP contribution in [-0.2, 0) is 6.61 Å². The van der Waals surface area contributed by atoms with E-state index in [2.05, 4.69) is 20.9 Å². The van der Waals surface area contributed by atoms with E-state index in [1.165, 1.54) is 12.1 Å². The first-order valence-electron chi connectivity index (χ1n) is 5.45. The maximum absolute atomic E-state index is 13.5. The second kappa shape index (κ2) is 6.55.